The number of hydrogen-bond acceptors (Lipinski definition) is 2. The van der Waals surface area contributed by atoms with E-state index in [0.717, 1.165) is 0 Å². The minimum Gasteiger partial charge on any atom is -0.398 e. The molecule has 0 aliphatic carbocycles. The van der Waals surface area contributed by atoms with Gasteiger partial charge in [0.1, 0.15) is 5.91 Å². The molecule has 0 saturated carbocycles. The van der Waals surface area contributed by atoms with Crippen LogP contribution in [0, 0.1) is 0 Å². The molecule has 0 amide bonds. The monoisotopic (exact) mass is 276 g/mol. The minimum absolute atomic E-state index is 0.134. The summed E-state index contributed by atoms with van der Waals surface area (Å²) < 4.78 is 12.3. The first kappa shape index (κ1) is 16.3. The fourth-order valence-corrected chi connectivity index (χ4v) is 7.84. The molecule has 0 saturated heterocycles. The molecule has 0 heterocycles. The summed E-state index contributed by atoms with van der Waals surface area (Å²) in [7, 11) is -3.25. The van der Waals surface area contributed by atoms with Gasteiger partial charge in [0.25, 0.3) is 0 Å². The van der Waals surface area contributed by atoms with Crippen LogP contribution in [0.1, 0.15) is 6.92 Å². The summed E-state index contributed by atoms with van der Waals surface area (Å²) in [6, 6.07) is 1.18. The van der Waals surface area contributed by atoms with Crippen LogP contribution in [0.4, 0.5) is 0 Å². The number of rotatable bonds is 7. The van der Waals surface area contributed by atoms with E-state index in [1.54, 1.807) is 0 Å². The maximum Gasteiger partial charge on any atom is 0.186 e. The molecule has 0 unspecified atom stereocenters. The van der Waals surface area contributed by atoms with E-state index >= 15 is 0 Å². The number of allylic oxidation sites excluding steroid dienone is 2. The van der Waals surface area contributed by atoms with Crippen LogP contribution in [-0.2, 0) is 8.85 Å². The Hall–Kier alpha value is 0.311. The van der Waals surface area contributed by atoms with Gasteiger partial charge < -0.3 is 8.85 Å². The largest absolute Gasteiger partial charge is 0.398 e. The Labute approximate surface area is 106 Å². The molecule has 0 radical (unpaired) electrons. The number of hydrogen-bond donors (Lipinski definition) is 0. The van der Waals surface area contributed by atoms with Gasteiger partial charge in [-0.05, 0) is 52.2 Å². The maximum atomic E-state index is 6.14. The highest BCUT2D eigenvalue weighted by molar-refractivity contribution is 6.71. The van der Waals surface area contributed by atoms with Crippen molar-refractivity contribution in [2.45, 2.75) is 58.2 Å². The summed E-state index contributed by atoms with van der Waals surface area (Å²) in [6.45, 7) is 15.5. The van der Waals surface area contributed by atoms with Gasteiger partial charge in [-0.2, -0.15) is 0 Å². The van der Waals surface area contributed by atoms with Crippen molar-refractivity contribution in [3.05, 3.63) is 12.2 Å². The van der Waals surface area contributed by atoms with E-state index in [9.17, 15) is 0 Å². The van der Waals surface area contributed by atoms with Gasteiger partial charge in [-0.1, -0.05) is 12.2 Å². The first-order valence-corrected chi connectivity index (χ1v) is 14.7. The van der Waals surface area contributed by atoms with Crippen molar-refractivity contribution in [3.63, 3.8) is 0 Å². The molecule has 0 aliphatic rings. The van der Waals surface area contributed by atoms with Gasteiger partial charge in [0.05, 0.1) is 9.52 Å². The molecule has 0 N–H and O–H groups in total. The zero-order chi connectivity index (χ0) is 12.8. The first-order chi connectivity index (χ1) is 7.14. The van der Waals surface area contributed by atoms with Crippen LogP contribution in [0.3, 0.4) is 0 Å². The Morgan fingerprint density at radius 2 is 1.44 bits per heavy atom. The third-order valence-electron chi connectivity index (χ3n) is 1.77. The minimum atomic E-state index is -1.47. The SMILES string of the molecule is CC=CC[SiH2]C(O[Si](C)(C)C)O[Si](C)(C)C. The lowest BCUT2D eigenvalue weighted by atomic mass is 10.6. The molecule has 5 heteroatoms. The van der Waals surface area contributed by atoms with E-state index in [0.29, 0.717) is 0 Å². The van der Waals surface area contributed by atoms with Crippen LogP contribution in [0.25, 0.3) is 0 Å². The highest BCUT2D eigenvalue weighted by Gasteiger charge is 2.26. The van der Waals surface area contributed by atoms with E-state index in [2.05, 4.69) is 58.4 Å². The first-order valence-electron chi connectivity index (χ1n) is 6.11. The smallest absolute Gasteiger partial charge is 0.186 e. The lowest BCUT2D eigenvalue weighted by Gasteiger charge is -2.31. The third-order valence-corrected chi connectivity index (χ3v) is 5.85. The van der Waals surface area contributed by atoms with Crippen molar-refractivity contribution >= 4 is 26.2 Å². The molecular weight excluding hydrogens is 248 g/mol. The normalized spacial score (nSPS) is 14.8. The summed E-state index contributed by atoms with van der Waals surface area (Å²) in [5.41, 5.74) is 0. The third kappa shape index (κ3) is 10.8. The Morgan fingerprint density at radius 3 is 1.75 bits per heavy atom. The van der Waals surface area contributed by atoms with E-state index < -0.39 is 16.6 Å². The van der Waals surface area contributed by atoms with Crippen LogP contribution in [-0.4, -0.2) is 32.1 Å². The Morgan fingerprint density at radius 1 is 1.00 bits per heavy atom. The van der Waals surface area contributed by atoms with Crippen LogP contribution < -0.4 is 0 Å². The molecule has 0 fully saturated rings. The molecular formula is C11H28O2Si3. The van der Waals surface area contributed by atoms with Crippen molar-refractivity contribution in [1.29, 1.82) is 0 Å². The molecule has 0 spiro atoms. The van der Waals surface area contributed by atoms with Gasteiger partial charge in [0, 0.05) is 0 Å². The van der Waals surface area contributed by atoms with Gasteiger partial charge >= 0.3 is 0 Å². The van der Waals surface area contributed by atoms with Gasteiger partial charge in [-0.25, -0.2) is 0 Å². The average Bonchev–Trinajstić information content (AvgIpc) is 1.97. The quantitative estimate of drug-likeness (QED) is 0.404. The molecule has 0 aliphatic heterocycles. The predicted molar refractivity (Wildman–Crippen MR) is 80.8 cm³/mol. The molecule has 0 aromatic carbocycles. The molecule has 96 valence electrons. The topological polar surface area (TPSA) is 18.5 Å². The highest BCUT2D eigenvalue weighted by atomic mass is 28.4. The lowest BCUT2D eigenvalue weighted by Crippen LogP contribution is -2.42. The molecule has 2 nitrogen and oxygen atoms in total. The van der Waals surface area contributed by atoms with Crippen molar-refractivity contribution in [3.8, 4) is 0 Å². The van der Waals surface area contributed by atoms with Gasteiger partial charge in [-0.3, -0.25) is 0 Å². The van der Waals surface area contributed by atoms with Crippen molar-refractivity contribution < 1.29 is 8.85 Å². The van der Waals surface area contributed by atoms with Crippen LogP contribution in [0.15, 0.2) is 12.2 Å². The second kappa shape index (κ2) is 6.90. The summed E-state index contributed by atoms with van der Waals surface area (Å²) >= 11 is 0. The van der Waals surface area contributed by atoms with Gasteiger partial charge in [0.2, 0.25) is 0 Å². The van der Waals surface area contributed by atoms with Crippen LogP contribution in [0.5, 0.6) is 0 Å². The second-order valence-corrected chi connectivity index (χ2v) is 16.8. The van der Waals surface area contributed by atoms with Crippen LogP contribution >= 0.6 is 0 Å². The predicted octanol–water partition coefficient (Wildman–Crippen LogP) is 3.14. The Balaban J connectivity index is 4.27. The summed E-state index contributed by atoms with van der Waals surface area (Å²) in [6.07, 6.45) is 4.35. The molecule has 0 aromatic rings. The second-order valence-electron chi connectivity index (χ2n) is 6.04. The standard InChI is InChI=1S/C11H28O2Si3/c1-8-9-10-14-11(12-15(2,3)4)13-16(5,6)7/h8-9,11H,10,14H2,1-7H3. The zero-order valence-corrected chi connectivity index (χ0v) is 15.4. The fraction of sp³-hybridized carbons (Fsp3) is 0.818. The van der Waals surface area contributed by atoms with E-state index in [1.807, 2.05) is 0 Å². The molecule has 0 atom stereocenters. The zero-order valence-electron chi connectivity index (χ0n) is 12.0. The average molecular weight is 277 g/mol. The molecule has 0 bridgehead atoms. The summed E-state index contributed by atoms with van der Waals surface area (Å²) in [5.74, 6) is 0.134. The van der Waals surface area contributed by atoms with Gasteiger partial charge in [-0.15, -0.1) is 0 Å². The molecule has 0 aromatic heterocycles. The van der Waals surface area contributed by atoms with Crippen molar-refractivity contribution in [1.82, 2.24) is 0 Å². The van der Waals surface area contributed by atoms with E-state index in [-0.39, 0.29) is 15.4 Å². The maximum absolute atomic E-state index is 6.14. The fourth-order valence-electron chi connectivity index (χ4n) is 1.33. The highest BCUT2D eigenvalue weighted by Crippen LogP contribution is 2.14. The van der Waals surface area contributed by atoms with E-state index in [4.69, 9.17) is 8.85 Å². The molecule has 16 heavy (non-hydrogen) atoms. The summed E-state index contributed by atoms with van der Waals surface area (Å²) in [5, 5.41) is 0. The van der Waals surface area contributed by atoms with E-state index in [1.165, 1.54) is 6.04 Å². The Kier molecular flexibility index (Phi) is 7.04. The van der Waals surface area contributed by atoms with Crippen LogP contribution in [0.2, 0.25) is 45.3 Å². The van der Waals surface area contributed by atoms with Gasteiger partial charge in [0.15, 0.2) is 16.6 Å². The summed E-state index contributed by atoms with van der Waals surface area (Å²) in [4.78, 5) is 0. The lowest BCUT2D eigenvalue weighted by molar-refractivity contribution is 0.0608. The van der Waals surface area contributed by atoms with Crippen molar-refractivity contribution in [2.24, 2.45) is 0 Å². The molecule has 0 rings (SSSR count). The Bertz CT molecular complexity index is 200. The van der Waals surface area contributed by atoms with Crippen molar-refractivity contribution in [2.75, 3.05) is 0 Å².